The molecule has 2 aliphatic rings. The quantitative estimate of drug-likeness (QED) is 0.445. The van der Waals surface area contributed by atoms with Gasteiger partial charge in [-0.15, -0.1) is 0 Å². The summed E-state index contributed by atoms with van der Waals surface area (Å²) < 4.78 is 0. The topological polar surface area (TPSA) is 153 Å². The number of aromatic carboxylic acids is 1. The summed E-state index contributed by atoms with van der Waals surface area (Å²) in [6, 6.07) is 2.89. The van der Waals surface area contributed by atoms with E-state index in [2.05, 4.69) is 10.6 Å². The molecule has 0 spiro atoms. The van der Waals surface area contributed by atoms with Crippen molar-refractivity contribution in [1.29, 1.82) is 0 Å². The molecule has 1 aromatic carbocycles. The first-order valence-corrected chi connectivity index (χ1v) is 9.84. The minimum Gasteiger partial charge on any atom is -0.508 e. The lowest BCUT2D eigenvalue weighted by molar-refractivity contribution is -0.127. The maximum absolute atomic E-state index is 13.1. The molecule has 2 bridgehead atoms. The SMILES string of the molecule is CC1C(=O)NC2=CC(=O)C=C(C2=O)C(Nc2cc(O)cc(C(=O)O)c2)CC=CC=CC1O. The van der Waals surface area contributed by atoms with Gasteiger partial charge in [0.15, 0.2) is 5.78 Å². The molecule has 1 amide bonds. The largest absolute Gasteiger partial charge is 0.508 e. The summed E-state index contributed by atoms with van der Waals surface area (Å²) in [7, 11) is 0. The molecule has 0 saturated heterocycles. The van der Waals surface area contributed by atoms with Crippen LogP contribution in [0.15, 0.2) is 65.9 Å². The van der Waals surface area contributed by atoms with Gasteiger partial charge in [0.25, 0.3) is 0 Å². The molecule has 0 fully saturated rings. The molecule has 32 heavy (non-hydrogen) atoms. The number of benzene rings is 1. The number of hydrogen-bond acceptors (Lipinski definition) is 7. The van der Waals surface area contributed by atoms with Crippen LogP contribution in [-0.4, -0.2) is 50.9 Å². The number of aliphatic hydroxyl groups is 1. The molecule has 9 heteroatoms. The molecule has 3 atom stereocenters. The van der Waals surface area contributed by atoms with Gasteiger partial charge in [0.05, 0.1) is 29.3 Å². The van der Waals surface area contributed by atoms with E-state index in [0.717, 1.165) is 18.2 Å². The van der Waals surface area contributed by atoms with Gasteiger partial charge in [-0.3, -0.25) is 14.4 Å². The van der Waals surface area contributed by atoms with Crippen LogP contribution in [0.4, 0.5) is 5.69 Å². The Morgan fingerprint density at radius 3 is 2.59 bits per heavy atom. The molecule has 1 aromatic rings. The molecular formula is C23H22N2O7. The van der Waals surface area contributed by atoms with Gasteiger partial charge in [0.1, 0.15) is 5.75 Å². The summed E-state index contributed by atoms with van der Waals surface area (Å²) in [5.41, 5.74) is -0.0794. The minimum atomic E-state index is -1.24. The number of fused-ring (bicyclic) bond motifs is 2. The van der Waals surface area contributed by atoms with Crippen LogP contribution in [0.5, 0.6) is 5.75 Å². The number of hydrogen-bond donors (Lipinski definition) is 5. The predicted octanol–water partition coefficient (Wildman–Crippen LogP) is 1.46. The van der Waals surface area contributed by atoms with E-state index in [-0.39, 0.29) is 34.7 Å². The first-order valence-electron chi connectivity index (χ1n) is 9.84. The van der Waals surface area contributed by atoms with Crippen LogP contribution >= 0.6 is 0 Å². The average molecular weight is 438 g/mol. The number of Topliss-reactive ketones (excluding diaryl/α,β-unsaturated/α-hetero) is 1. The molecule has 5 N–H and O–H groups in total. The van der Waals surface area contributed by atoms with Crippen molar-refractivity contribution in [2.45, 2.75) is 25.5 Å². The Labute approximate surface area is 183 Å². The zero-order valence-corrected chi connectivity index (χ0v) is 17.1. The first kappa shape index (κ1) is 22.7. The second kappa shape index (κ2) is 9.44. The van der Waals surface area contributed by atoms with Crippen molar-refractivity contribution in [2.75, 3.05) is 5.32 Å². The second-order valence-electron chi connectivity index (χ2n) is 7.48. The third-order valence-corrected chi connectivity index (χ3v) is 5.08. The van der Waals surface area contributed by atoms with Crippen LogP contribution in [-0.2, 0) is 14.4 Å². The molecule has 1 heterocycles. The lowest BCUT2D eigenvalue weighted by Crippen LogP contribution is -2.40. The number of nitrogens with one attached hydrogen (secondary N) is 2. The number of ketones is 2. The van der Waals surface area contributed by atoms with Crippen molar-refractivity contribution in [3.63, 3.8) is 0 Å². The molecule has 0 saturated carbocycles. The number of aliphatic hydroxyl groups excluding tert-OH is 1. The van der Waals surface area contributed by atoms with Gasteiger partial charge in [-0.25, -0.2) is 4.79 Å². The molecule has 0 radical (unpaired) electrons. The van der Waals surface area contributed by atoms with Crippen LogP contribution in [0.3, 0.4) is 0 Å². The minimum absolute atomic E-state index is 0.0640. The van der Waals surface area contributed by atoms with E-state index in [1.54, 1.807) is 18.2 Å². The summed E-state index contributed by atoms with van der Waals surface area (Å²) in [6.07, 6.45) is 7.59. The first-order chi connectivity index (χ1) is 15.2. The second-order valence-corrected chi connectivity index (χ2v) is 7.48. The van der Waals surface area contributed by atoms with Gasteiger partial charge in [0.2, 0.25) is 11.7 Å². The van der Waals surface area contributed by atoms with Crippen molar-refractivity contribution in [1.82, 2.24) is 5.32 Å². The third kappa shape index (κ3) is 5.19. The predicted molar refractivity (Wildman–Crippen MR) is 115 cm³/mol. The molecule has 3 unspecified atom stereocenters. The number of carboxylic acids is 1. The fraction of sp³-hybridized carbons (Fsp3) is 0.217. The van der Waals surface area contributed by atoms with Crippen molar-refractivity contribution < 1.29 is 34.5 Å². The molecule has 0 aromatic heterocycles. The normalized spacial score (nSPS) is 23.8. The van der Waals surface area contributed by atoms with E-state index in [0.29, 0.717) is 0 Å². The maximum Gasteiger partial charge on any atom is 0.335 e. The zero-order valence-electron chi connectivity index (χ0n) is 17.1. The zero-order chi connectivity index (χ0) is 23.4. The smallest absolute Gasteiger partial charge is 0.335 e. The number of phenols is 1. The molecular weight excluding hydrogens is 416 g/mol. The van der Waals surface area contributed by atoms with E-state index < -0.39 is 41.5 Å². The fourth-order valence-electron chi connectivity index (χ4n) is 3.30. The monoisotopic (exact) mass is 438 g/mol. The highest BCUT2D eigenvalue weighted by atomic mass is 16.4. The highest BCUT2D eigenvalue weighted by Crippen LogP contribution is 2.25. The highest BCUT2D eigenvalue weighted by molar-refractivity contribution is 6.21. The Kier molecular flexibility index (Phi) is 6.70. The number of aromatic hydroxyl groups is 1. The van der Waals surface area contributed by atoms with Crippen LogP contribution in [0.25, 0.3) is 0 Å². The van der Waals surface area contributed by atoms with Crippen LogP contribution < -0.4 is 10.6 Å². The van der Waals surface area contributed by atoms with E-state index >= 15 is 0 Å². The Hall–Kier alpha value is -3.98. The van der Waals surface area contributed by atoms with Crippen LogP contribution in [0, 0.1) is 5.92 Å². The third-order valence-electron chi connectivity index (χ3n) is 5.08. The van der Waals surface area contributed by atoms with Crippen molar-refractivity contribution in [3.05, 3.63) is 71.5 Å². The highest BCUT2D eigenvalue weighted by Gasteiger charge is 2.30. The van der Waals surface area contributed by atoms with Crippen molar-refractivity contribution in [3.8, 4) is 5.75 Å². The Morgan fingerprint density at radius 2 is 1.88 bits per heavy atom. The lowest BCUT2D eigenvalue weighted by Gasteiger charge is -2.24. The number of rotatable bonds is 3. The molecule has 1 aliphatic carbocycles. The molecule has 166 valence electrons. The number of amides is 1. The van der Waals surface area contributed by atoms with Gasteiger partial charge in [-0.1, -0.05) is 31.2 Å². The summed E-state index contributed by atoms with van der Waals surface area (Å²) in [5.74, 6) is -4.11. The van der Waals surface area contributed by atoms with E-state index in [1.165, 1.54) is 25.1 Å². The van der Waals surface area contributed by atoms with E-state index in [9.17, 15) is 34.5 Å². The van der Waals surface area contributed by atoms with Crippen molar-refractivity contribution in [2.24, 2.45) is 5.92 Å². The Balaban J connectivity index is 2.00. The number of phenolic OH excluding ortho intramolecular Hbond substituents is 1. The van der Waals surface area contributed by atoms with Gasteiger partial charge in [0, 0.05) is 23.4 Å². The van der Waals surface area contributed by atoms with Gasteiger partial charge in [-0.2, -0.15) is 0 Å². The Bertz CT molecular complexity index is 1100. The van der Waals surface area contributed by atoms with Crippen LogP contribution in [0.2, 0.25) is 0 Å². The number of carbonyl (C=O) groups excluding carboxylic acids is 3. The lowest BCUT2D eigenvalue weighted by atomic mass is 9.91. The number of allylic oxidation sites excluding steroid dienone is 5. The van der Waals surface area contributed by atoms with Gasteiger partial charge < -0.3 is 26.0 Å². The van der Waals surface area contributed by atoms with Gasteiger partial charge in [-0.05, 0) is 24.6 Å². The average Bonchev–Trinajstić information content (AvgIpc) is 2.73. The summed E-state index contributed by atoms with van der Waals surface area (Å²) >= 11 is 0. The standard InChI is InChI=1S/C23H22N2O7/c1-12-20(28)6-4-2-3-5-18(24-14-7-13(23(31)32)8-15(26)9-14)17-10-16(27)11-19(21(17)29)25-22(12)30/h2-4,6-12,18,20,24,26,28H,5H2,1H3,(H,25,30)(H,31,32). The van der Waals surface area contributed by atoms with E-state index in [1.807, 2.05) is 0 Å². The summed E-state index contributed by atoms with van der Waals surface area (Å²) in [4.78, 5) is 49.1. The molecule has 1 aliphatic heterocycles. The summed E-state index contributed by atoms with van der Waals surface area (Å²) in [6.45, 7) is 1.49. The number of carboxylic acid groups (broad SMARTS) is 1. The van der Waals surface area contributed by atoms with Gasteiger partial charge >= 0.3 is 5.97 Å². The number of carbonyl (C=O) groups is 4. The maximum atomic E-state index is 13.1. The Morgan fingerprint density at radius 1 is 1.12 bits per heavy atom. The number of anilines is 1. The van der Waals surface area contributed by atoms with Crippen molar-refractivity contribution >= 4 is 29.1 Å². The summed E-state index contributed by atoms with van der Waals surface area (Å²) in [5, 5.41) is 34.6. The van der Waals surface area contributed by atoms with Crippen LogP contribution in [0.1, 0.15) is 23.7 Å². The molecule has 9 nitrogen and oxygen atoms in total. The fourth-order valence-corrected chi connectivity index (χ4v) is 3.30. The molecule has 3 rings (SSSR count). The van der Waals surface area contributed by atoms with E-state index in [4.69, 9.17) is 0 Å².